The van der Waals surface area contributed by atoms with Gasteiger partial charge in [-0.15, -0.1) is 0 Å². The number of hydrogen-bond acceptors (Lipinski definition) is 5. The third-order valence-electron chi connectivity index (χ3n) is 5.14. The molecule has 1 aliphatic rings. The molecule has 6 nitrogen and oxygen atoms in total. The molecular weight excluding hydrogens is 432 g/mol. The molecule has 1 atom stereocenters. The fraction of sp³-hybridized carbons (Fsp3) is 0.200. The minimum atomic E-state index is -1.29. The van der Waals surface area contributed by atoms with Crippen LogP contribution in [0.1, 0.15) is 37.0 Å². The number of hydrogen-bond donors (Lipinski definition) is 1. The van der Waals surface area contributed by atoms with Gasteiger partial charge >= 0.3 is 0 Å². The van der Waals surface area contributed by atoms with Gasteiger partial charge in [-0.2, -0.15) is 0 Å². The van der Waals surface area contributed by atoms with Crippen molar-refractivity contribution in [3.05, 3.63) is 88.9 Å². The molecular formula is C25H21F2NO5. The number of aliphatic hydroxyl groups excluding tert-OH is 1. The van der Waals surface area contributed by atoms with E-state index >= 15 is 0 Å². The van der Waals surface area contributed by atoms with Gasteiger partial charge in [-0.1, -0.05) is 0 Å². The van der Waals surface area contributed by atoms with Crippen LogP contribution in [0.2, 0.25) is 0 Å². The van der Waals surface area contributed by atoms with Crippen LogP contribution in [0.15, 0.2) is 64.6 Å². The summed E-state index contributed by atoms with van der Waals surface area (Å²) in [6, 6.07) is 10.7. The summed E-state index contributed by atoms with van der Waals surface area (Å²) in [7, 11) is 0. The third kappa shape index (κ3) is 4.11. The van der Waals surface area contributed by atoms with Crippen LogP contribution in [0, 0.1) is 18.6 Å². The molecule has 4 rings (SSSR count). The summed E-state index contributed by atoms with van der Waals surface area (Å²) >= 11 is 0. The highest BCUT2D eigenvalue weighted by Gasteiger charge is 2.49. The standard InChI is InChI=1S/C25H21F2NO5/c1-13(2)32-17-8-5-15(6-9-17)23(29)21-22(20-11-4-14(3)33-20)28(25(31)24(21)30)19-12-16(26)7-10-18(19)27/h4-13,22,29H,1-3H3/b23-21-. The number of carbonyl (C=O) groups is 2. The quantitative estimate of drug-likeness (QED) is 0.323. The Hall–Kier alpha value is -3.94. The zero-order valence-corrected chi connectivity index (χ0v) is 18.1. The summed E-state index contributed by atoms with van der Waals surface area (Å²) in [5.74, 6) is -3.16. The predicted octanol–water partition coefficient (Wildman–Crippen LogP) is 5.28. The number of Topliss-reactive ketones (excluding diaryl/α,β-unsaturated/α-hetero) is 1. The highest BCUT2D eigenvalue weighted by atomic mass is 19.1. The van der Waals surface area contributed by atoms with Crippen LogP contribution in [-0.2, 0) is 9.59 Å². The van der Waals surface area contributed by atoms with Crippen molar-refractivity contribution in [2.75, 3.05) is 4.90 Å². The summed E-state index contributed by atoms with van der Waals surface area (Å²) < 4.78 is 39.8. The first-order valence-electron chi connectivity index (χ1n) is 10.3. The molecule has 1 aliphatic heterocycles. The summed E-state index contributed by atoms with van der Waals surface area (Å²) in [5.41, 5.74) is -0.483. The molecule has 3 aromatic rings. The number of ether oxygens (including phenoxy) is 1. The van der Waals surface area contributed by atoms with Crippen LogP contribution in [0.4, 0.5) is 14.5 Å². The van der Waals surface area contributed by atoms with Crippen molar-refractivity contribution in [1.29, 1.82) is 0 Å². The van der Waals surface area contributed by atoms with E-state index in [-0.39, 0.29) is 23.0 Å². The maximum Gasteiger partial charge on any atom is 0.300 e. The molecule has 170 valence electrons. The van der Waals surface area contributed by atoms with Crippen molar-refractivity contribution >= 4 is 23.1 Å². The van der Waals surface area contributed by atoms with Crippen molar-refractivity contribution in [2.24, 2.45) is 0 Å². The zero-order chi connectivity index (χ0) is 23.9. The SMILES string of the molecule is Cc1ccc(C2/C(=C(/O)c3ccc(OC(C)C)cc3)C(=O)C(=O)N2c2cc(F)ccc2F)o1. The lowest BCUT2D eigenvalue weighted by molar-refractivity contribution is -0.132. The molecule has 33 heavy (non-hydrogen) atoms. The fourth-order valence-electron chi connectivity index (χ4n) is 3.74. The number of anilines is 1. The summed E-state index contributed by atoms with van der Waals surface area (Å²) in [6.45, 7) is 5.39. The van der Waals surface area contributed by atoms with E-state index in [0.29, 0.717) is 11.5 Å². The van der Waals surface area contributed by atoms with Gasteiger partial charge in [0.1, 0.15) is 40.7 Å². The van der Waals surface area contributed by atoms with Gasteiger partial charge in [0.15, 0.2) is 0 Å². The number of amides is 1. The molecule has 0 bridgehead atoms. The van der Waals surface area contributed by atoms with E-state index in [1.807, 2.05) is 13.8 Å². The van der Waals surface area contributed by atoms with Gasteiger partial charge in [0.05, 0.1) is 17.4 Å². The van der Waals surface area contributed by atoms with E-state index in [4.69, 9.17) is 9.15 Å². The first kappa shape index (κ1) is 22.3. The summed E-state index contributed by atoms with van der Waals surface area (Å²) in [5, 5.41) is 11.0. The van der Waals surface area contributed by atoms with E-state index in [1.165, 1.54) is 18.2 Å². The third-order valence-corrected chi connectivity index (χ3v) is 5.14. The molecule has 8 heteroatoms. The first-order chi connectivity index (χ1) is 15.7. The first-order valence-corrected chi connectivity index (χ1v) is 10.3. The Morgan fingerprint density at radius 3 is 2.36 bits per heavy atom. The maximum atomic E-state index is 14.6. The molecule has 1 unspecified atom stereocenters. The van der Waals surface area contributed by atoms with Crippen LogP contribution in [-0.4, -0.2) is 22.9 Å². The second-order valence-corrected chi connectivity index (χ2v) is 7.90. The maximum absolute atomic E-state index is 14.6. The molecule has 1 saturated heterocycles. The predicted molar refractivity (Wildman–Crippen MR) is 117 cm³/mol. The van der Waals surface area contributed by atoms with Gasteiger partial charge in [-0.25, -0.2) is 8.78 Å². The van der Waals surface area contributed by atoms with E-state index in [1.54, 1.807) is 25.1 Å². The second kappa shape index (κ2) is 8.54. The Kier molecular flexibility index (Phi) is 5.76. The van der Waals surface area contributed by atoms with Gasteiger partial charge in [0, 0.05) is 11.6 Å². The lowest BCUT2D eigenvalue weighted by Gasteiger charge is -2.23. The van der Waals surface area contributed by atoms with E-state index in [9.17, 15) is 23.5 Å². The van der Waals surface area contributed by atoms with Crippen molar-refractivity contribution < 1.29 is 32.6 Å². The van der Waals surface area contributed by atoms with Crippen molar-refractivity contribution in [2.45, 2.75) is 32.9 Å². The molecule has 1 amide bonds. The van der Waals surface area contributed by atoms with E-state index in [2.05, 4.69) is 0 Å². The molecule has 2 heterocycles. The minimum Gasteiger partial charge on any atom is -0.507 e. The van der Waals surface area contributed by atoms with Crippen molar-refractivity contribution in [3.8, 4) is 5.75 Å². The lowest BCUT2D eigenvalue weighted by atomic mass is 9.99. The monoisotopic (exact) mass is 453 g/mol. The highest BCUT2D eigenvalue weighted by molar-refractivity contribution is 6.51. The highest BCUT2D eigenvalue weighted by Crippen LogP contribution is 2.43. The Labute approximate surface area is 188 Å². The molecule has 0 saturated carbocycles. The number of rotatable bonds is 5. The normalized spacial score (nSPS) is 17.8. The van der Waals surface area contributed by atoms with Gasteiger partial charge in [0.25, 0.3) is 11.7 Å². The van der Waals surface area contributed by atoms with E-state index in [0.717, 1.165) is 23.1 Å². The van der Waals surface area contributed by atoms with Gasteiger partial charge in [-0.05, 0) is 69.3 Å². The van der Waals surface area contributed by atoms with Crippen LogP contribution >= 0.6 is 0 Å². The van der Waals surface area contributed by atoms with Crippen LogP contribution in [0.3, 0.4) is 0 Å². The number of furan rings is 1. The fourth-order valence-corrected chi connectivity index (χ4v) is 3.74. The van der Waals surface area contributed by atoms with Gasteiger partial charge in [-0.3, -0.25) is 14.5 Å². The van der Waals surface area contributed by atoms with Crippen molar-refractivity contribution in [1.82, 2.24) is 0 Å². The molecule has 1 N–H and O–H groups in total. The zero-order valence-electron chi connectivity index (χ0n) is 18.1. The Morgan fingerprint density at radius 1 is 1.06 bits per heavy atom. The Morgan fingerprint density at radius 2 is 1.76 bits per heavy atom. The van der Waals surface area contributed by atoms with Crippen molar-refractivity contribution in [3.63, 3.8) is 0 Å². The summed E-state index contributed by atoms with van der Waals surface area (Å²) in [4.78, 5) is 26.8. The average molecular weight is 453 g/mol. The topological polar surface area (TPSA) is 80.0 Å². The van der Waals surface area contributed by atoms with Crippen LogP contribution < -0.4 is 9.64 Å². The molecule has 0 radical (unpaired) electrons. The number of halogens is 2. The minimum absolute atomic E-state index is 0.0573. The molecule has 2 aromatic carbocycles. The molecule has 1 fully saturated rings. The Balaban J connectivity index is 1.88. The number of aryl methyl sites for hydroxylation is 1. The molecule has 1 aromatic heterocycles. The largest absolute Gasteiger partial charge is 0.507 e. The van der Waals surface area contributed by atoms with Crippen LogP contribution in [0.5, 0.6) is 5.75 Å². The molecule has 0 aliphatic carbocycles. The van der Waals surface area contributed by atoms with Gasteiger partial charge < -0.3 is 14.3 Å². The smallest absolute Gasteiger partial charge is 0.300 e. The van der Waals surface area contributed by atoms with E-state index < -0.39 is 40.8 Å². The van der Waals surface area contributed by atoms with Gasteiger partial charge in [0.2, 0.25) is 0 Å². The number of carbonyl (C=O) groups excluding carboxylic acids is 2. The Bertz CT molecular complexity index is 1260. The number of aliphatic hydroxyl groups is 1. The second-order valence-electron chi connectivity index (χ2n) is 7.90. The number of ketones is 1. The molecule has 0 spiro atoms. The average Bonchev–Trinajstić information content (AvgIpc) is 3.30. The number of benzene rings is 2. The summed E-state index contributed by atoms with van der Waals surface area (Å²) in [6.07, 6.45) is -0.0573. The van der Waals surface area contributed by atoms with Crippen LogP contribution in [0.25, 0.3) is 5.76 Å². The lowest BCUT2D eigenvalue weighted by Crippen LogP contribution is -2.30. The number of nitrogens with zero attached hydrogens (tertiary/aromatic N) is 1.